The SMILES string of the molecule is Cc1c(NC2CC2)n[nH]c1-c1ccc(Cl)cc1. The molecule has 0 spiro atoms. The van der Waals surface area contributed by atoms with Crippen molar-refractivity contribution in [3.63, 3.8) is 0 Å². The Morgan fingerprint density at radius 3 is 2.65 bits per heavy atom. The van der Waals surface area contributed by atoms with Crippen LogP contribution in [-0.4, -0.2) is 16.2 Å². The van der Waals surface area contributed by atoms with Gasteiger partial charge in [-0.3, -0.25) is 5.10 Å². The van der Waals surface area contributed by atoms with Gasteiger partial charge in [-0.25, -0.2) is 0 Å². The molecule has 2 aromatic rings. The molecule has 0 radical (unpaired) electrons. The van der Waals surface area contributed by atoms with Crippen molar-refractivity contribution in [2.24, 2.45) is 0 Å². The standard InChI is InChI=1S/C13H14ClN3/c1-8-12(9-2-4-10(14)5-3-9)16-17-13(8)15-11-6-7-11/h2-5,11H,6-7H2,1H3,(H2,15,16,17). The van der Waals surface area contributed by atoms with Crippen LogP contribution in [0, 0.1) is 6.92 Å². The summed E-state index contributed by atoms with van der Waals surface area (Å²) in [6.45, 7) is 2.08. The largest absolute Gasteiger partial charge is 0.366 e. The molecule has 1 saturated carbocycles. The molecule has 0 bridgehead atoms. The molecule has 0 aliphatic heterocycles. The van der Waals surface area contributed by atoms with Gasteiger partial charge in [-0.15, -0.1) is 0 Å². The summed E-state index contributed by atoms with van der Waals surface area (Å²) in [6, 6.07) is 8.42. The minimum Gasteiger partial charge on any atom is -0.366 e. The summed E-state index contributed by atoms with van der Waals surface area (Å²) in [7, 11) is 0. The Bertz CT molecular complexity index is 526. The highest BCUT2D eigenvalue weighted by Gasteiger charge is 2.23. The van der Waals surface area contributed by atoms with E-state index in [1.54, 1.807) is 0 Å². The first-order valence-corrected chi connectivity index (χ1v) is 6.19. The number of halogens is 1. The number of aromatic nitrogens is 2. The Hall–Kier alpha value is -1.48. The lowest BCUT2D eigenvalue weighted by Crippen LogP contribution is -2.02. The number of rotatable bonds is 3. The van der Waals surface area contributed by atoms with E-state index in [2.05, 4.69) is 22.4 Å². The zero-order valence-corrected chi connectivity index (χ0v) is 10.4. The third-order valence-corrected chi connectivity index (χ3v) is 3.31. The Morgan fingerprint density at radius 2 is 2.00 bits per heavy atom. The van der Waals surface area contributed by atoms with Crippen LogP contribution in [0.15, 0.2) is 24.3 Å². The summed E-state index contributed by atoms with van der Waals surface area (Å²) < 4.78 is 0. The van der Waals surface area contributed by atoms with Gasteiger partial charge in [0.15, 0.2) is 5.82 Å². The molecule has 4 heteroatoms. The molecule has 1 aromatic carbocycles. The molecule has 0 unspecified atom stereocenters. The fourth-order valence-corrected chi connectivity index (χ4v) is 1.98. The molecule has 0 atom stereocenters. The topological polar surface area (TPSA) is 40.7 Å². The van der Waals surface area contributed by atoms with Gasteiger partial charge < -0.3 is 5.32 Å². The van der Waals surface area contributed by atoms with E-state index in [9.17, 15) is 0 Å². The average Bonchev–Trinajstić information content (AvgIpc) is 3.07. The average molecular weight is 248 g/mol. The Morgan fingerprint density at radius 1 is 1.29 bits per heavy atom. The van der Waals surface area contributed by atoms with Gasteiger partial charge in [0, 0.05) is 16.6 Å². The van der Waals surface area contributed by atoms with Crippen molar-refractivity contribution in [1.82, 2.24) is 10.2 Å². The maximum atomic E-state index is 5.88. The quantitative estimate of drug-likeness (QED) is 0.870. The minimum absolute atomic E-state index is 0.620. The smallest absolute Gasteiger partial charge is 0.151 e. The molecule has 1 heterocycles. The summed E-state index contributed by atoms with van der Waals surface area (Å²) in [5.41, 5.74) is 3.34. The van der Waals surface area contributed by atoms with Crippen LogP contribution in [0.1, 0.15) is 18.4 Å². The van der Waals surface area contributed by atoms with Crippen LogP contribution in [0.2, 0.25) is 5.02 Å². The fourth-order valence-electron chi connectivity index (χ4n) is 1.86. The molecule has 1 aromatic heterocycles. The minimum atomic E-state index is 0.620. The molecule has 0 amide bonds. The summed E-state index contributed by atoms with van der Waals surface area (Å²) in [5.74, 6) is 0.970. The number of benzene rings is 1. The second-order valence-electron chi connectivity index (χ2n) is 4.50. The number of aromatic amines is 1. The van der Waals surface area contributed by atoms with Crippen LogP contribution in [0.25, 0.3) is 11.3 Å². The van der Waals surface area contributed by atoms with Crippen LogP contribution in [-0.2, 0) is 0 Å². The van der Waals surface area contributed by atoms with Crippen molar-refractivity contribution in [1.29, 1.82) is 0 Å². The Labute approximate surface area is 105 Å². The van der Waals surface area contributed by atoms with Gasteiger partial charge in [0.05, 0.1) is 5.69 Å². The van der Waals surface area contributed by atoms with Crippen molar-refractivity contribution < 1.29 is 0 Å². The fraction of sp³-hybridized carbons (Fsp3) is 0.308. The lowest BCUT2D eigenvalue weighted by atomic mass is 10.1. The lowest BCUT2D eigenvalue weighted by Gasteiger charge is -2.02. The molecule has 17 heavy (non-hydrogen) atoms. The van der Waals surface area contributed by atoms with E-state index >= 15 is 0 Å². The molecule has 3 rings (SSSR count). The number of anilines is 1. The normalized spacial score (nSPS) is 14.9. The number of H-pyrrole nitrogens is 1. The maximum Gasteiger partial charge on any atom is 0.151 e. The Balaban J connectivity index is 1.91. The zero-order valence-electron chi connectivity index (χ0n) is 9.63. The van der Waals surface area contributed by atoms with E-state index in [-0.39, 0.29) is 0 Å². The Kier molecular flexibility index (Phi) is 2.56. The van der Waals surface area contributed by atoms with Gasteiger partial charge in [-0.2, -0.15) is 5.10 Å². The molecular weight excluding hydrogens is 234 g/mol. The molecule has 1 aliphatic carbocycles. The molecule has 88 valence electrons. The van der Waals surface area contributed by atoms with E-state index in [0.29, 0.717) is 6.04 Å². The van der Waals surface area contributed by atoms with E-state index in [0.717, 1.165) is 22.1 Å². The van der Waals surface area contributed by atoms with Crippen molar-refractivity contribution in [2.45, 2.75) is 25.8 Å². The first kappa shape index (κ1) is 10.7. The van der Waals surface area contributed by atoms with Crippen LogP contribution >= 0.6 is 11.6 Å². The third kappa shape index (κ3) is 2.15. The van der Waals surface area contributed by atoms with Gasteiger partial charge in [0.1, 0.15) is 0 Å². The summed E-state index contributed by atoms with van der Waals surface area (Å²) >= 11 is 5.88. The van der Waals surface area contributed by atoms with E-state index in [1.165, 1.54) is 18.4 Å². The van der Waals surface area contributed by atoms with Gasteiger partial charge >= 0.3 is 0 Å². The first-order valence-electron chi connectivity index (χ1n) is 5.81. The second kappa shape index (κ2) is 4.08. The monoisotopic (exact) mass is 247 g/mol. The van der Waals surface area contributed by atoms with Crippen molar-refractivity contribution in [3.05, 3.63) is 34.9 Å². The number of nitrogens with one attached hydrogen (secondary N) is 2. The molecule has 2 N–H and O–H groups in total. The number of hydrogen-bond donors (Lipinski definition) is 2. The van der Waals surface area contributed by atoms with Crippen LogP contribution in [0.4, 0.5) is 5.82 Å². The highest BCUT2D eigenvalue weighted by molar-refractivity contribution is 6.30. The van der Waals surface area contributed by atoms with Gasteiger partial charge in [-0.1, -0.05) is 23.7 Å². The summed E-state index contributed by atoms with van der Waals surface area (Å²) in [6.07, 6.45) is 2.51. The molecule has 0 saturated heterocycles. The van der Waals surface area contributed by atoms with Crippen molar-refractivity contribution >= 4 is 17.4 Å². The molecule has 1 fully saturated rings. The van der Waals surface area contributed by atoms with Crippen LogP contribution in [0.5, 0.6) is 0 Å². The summed E-state index contributed by atoms with van der Waals surface area (Å²) in [4.78, 5) is 0. The van der Waals surface area contributed by atoms with Crippen molar-refractivity contribution in [3.8, 4) is 11.3 Å². The van der Waals surface area contributed by atoms with E-state index in [1.807, 2.05) is 24.3 Å². The second-order valence-corrected chi connectivity index (χ2v) is 4.93. The maximum absolute atomic E-state index is 5.88. The zero-order chi connectivity index (χ0) is 11.8. The molecule has 1 aliphatic rings. The first-order chi connectivity index (χ1) is 8.24. The lowest BCUT2D eigenvalue weighted by molar-refractivity contribution is 1.05. The molecular formula is C13H14ClN3. The predicted molar refractivity (Wildman–Crippen MR) is 70.4 cm³/mol. The van der Waals surface area contributed by atoms with E-state index < -0.39 is 0 Å². The summed E-state index contributed by atoms with van der Waals surface area (Å²) in [5, 5.41) is 11.6. The van der Waals surface area contributed by atoms with Crippen LogP contribution < -0.4 is 5.32 Å². The highest BCUT2D eigenvalue weighted by Crippen LogP contribution is 2.30. The third-order valence-electron chi connectivity index (χ3n) is 3.06. The molecule has 3 nitrogen and oxygen atoms in total. The van der Waals surface area contributed by atoms with E-state index in [4.69, 9.17) is 11.6 Å². The number of hydrogen-bond acceptors (Lipinski definition) is 2. The predicted octanol–water partition coefficient (Wildman–Crippen LogP) is 3.61. The van der Waals surface area contributed by atoms with Gasteiger partial charge in [0.2, 0.25) is 0 Å². The van der Waals surface area contributed by atoms with Crippen molar-refractivity contribution in [2.75, 3.05) is 5.32 Å². The van der Waals surface area contributed by atoms with Crippen LogP contribution in [0.3, 0.4) is 0 Å². The number of nitrogens with zero attached hydrogens (tertiary/aromatic N) is 1. The highest BCUT2D eigenvalue weighted by atomic mass is 35.5. The van der Waals surface area contributed by atoms with Gasteiger partial charge in [0.25, 0.3) is 0 Å². The van der Waals surface area contributed by atoms with Gasteiger partial charge in [-0.05, 0) is 37.5 Å².